The lowest BCUT2D eigenvalue weighted by atomic mass is 9.79. The molecule has 0 bridgehead atoms. The summed E-state index contributed by atoms with van der Waals surface area (Å²) >= 11 is 0. The highest BCUT2D eigenvalue weighted by Crippen LogP contribution is 2.41. The SMILES string of the molecule is CC(C)N1CC=C(C2=CCCC[C@H]2NC(=O)N2CCC(C)(c3noc(C4CC4)n3)CC2)CC1. The number of aromatic nitrogens is 2. The first kappa shape index (κ1) is 22.6. The van der Waals surface area contributed by atoms with Crippen LogP contribution in [-0.2, 0) is 5.41 Å². The van der Waals surface area contributed by atoms with Crippen molar-refractivity contribution >= 4 is 6.03 Å². The molecule has 1 saturated carbocycles. The first-order valence-electron chi connectivity index (χ1n) is 13.0. The fourth-order valence-corrected chi connectivity index (χ4v) is 5.44. The third-order valence-corrected chi connectivity index (χ3v) is 8.14. The van der Waals surface area contributed by atoms with Crippen molar-refractivity contribution in [1.82, 2.24) is 25.3 Å². The quantitative estimate of drug-likeness (QED) is 0.709. The van der Waals surface area contributed by atoms with Crippen LogP contribution in [0.15, 0.2) is 27.8 Å². The first-order chi connectivity index (χ1) is 15.9. The molecule has 1 saturated heterocycles. The van der Waals surface area contributed by atoms with Crippen LogP contribution in [0.5, 0.6) is 0 Å². The number of allylic oxidation sites excluding steroid dienone is 1. The van der Waals surface area contributed by atoms with Gasteiger partial charge in [0.15, 0.2) is 5.82 Å². The van der Waals surface area contributed by atoms with Crippen LogP contribution in [0.3, 0.4) is 0 Å². The van der Waals surface area contributed by atoms with Crippen molar-refractivity contribution < 1.29 is 9.32 Å². The second-order valence-electron chi connectivity index (χ2n) is 10.9. The minimum Gasteiger partial charge on any atom is -0.339 e. The summed E-state index contributed by atoms with van der Waals surface area (Å²) in [5.74, 6) is 2.10. The molecule has 2 amide bonds. The molecule has 4 aliphatic rings. The fourth-order valence-electron chi connectivity index (χ4n) is 5.44. The van der Waals surface area contributed by atoms with Gasteiger partial charge >= 0.3 is 6.03 Å². The van der Waals surface area contributed by atoms with Gasteiger partial charge in [-0.25, -0.2) is 4.79 Å². The Morgan fingerprint density at radius 1 is 1.18 bits per heavy atom. The molecular weight excluding hydrogens is 414 g/mol. The summed E-state index contributed by atoms with van der Waals surface area (Å²) in [6, 6.07) is 0.785. The predicted octanol–water partition coefficient (Wildman–Crippen LogP) is 4.53. The van der Waals surface area contributed by atoms with Crippen molar-refractivity contribution in [2.24, 2.45) is 0 Å². The molecule has 1 atom stereocenters. The Hall–Kier alpha value is -2.15. The summed E-state index contributed by atoms with van der Waals surface area (Å²) < 4.78 is 5.50. The molecule has 2 aliphatic heterocycles. The van der Waals surface area contributed by atoms with Gasteiger partial charge in [-0.1, -0.05) is 24.2 Å². The van der Waals surface area contributed by atoms with Gasteiger partial charge in [-0.3, -0.25) is 4.90 Å². The zero-order valence-electron chi connectivity index (χ0n) is 20.5. The van der Waals surface area contributed by atoms with Crippen LogP contribution >= 0.6 is 0 Å². The van der Waals surface area contributed by atoms with Crippen molar-refractivity contribution in [2.45, 2.75) is 95.6 Å². The number of likely N-dealkylation sites (tertiary alicyclic amines) is 1. The van der Waals surface area contributed by atoms with Gasteiger partial charge in [0.1, 0.15) is 0 Å². The molecule has 3 heterocycles. The Bertz CT molecular complexity index is 921. The van der Waals surface area contributed by atoms with E-state index in [0.717, 1.165) is 89.3 Å². The molecule has 1 aromatic rings. The summed E-state index contributed by atoms with van der Waals surface area (Å²) in [4.78, 5) is 22.4. The van der Waals surface area contributed by atoms with E-state index in [-0.39, 0.29) is 17.5 Å². The monoisotopic (exact) mass is 453 g/mol. The van der Waals surface area contributed by atoms with Crippen LogP contribution in [0, 0.1) is 0 Å². The Labute approximate surface area is 197 Å². The first-order valence-corrected chi connectivity index (χ1v) is 13.0. The summed E-state index contributed by atoms with van der Waals surface area (Å²) in [6.07, 6.45) is 13.2. The van der Waals surface area contributed by atoms with Crippen LogP contribution in [0.25, 0.3) is 0 Å². The lowest BCUT2D eigenvalue weighted by Gasteiger charge is -2.39. The van der Waals surface area contributed by atoms with Crippen molar-refractivity contribution in [1.29, 1.82) is 0 Å². The zero-order valence-corrected chi connectivity index (χ0v) is 20.5. The van der Waals surface area contributed by atoms with Crippen LogP contribution in [0.4, 0.5) is 4.79 Å². The van der Waals surface area contributed by atoms with Crippen molar-refractivity contribution in [2.75, 3.05) is 26.2 Å². The standard InChI is InChI=1S/C26H39N5O2/c1-18(2)30-14-10-19(11-15-30)21-6-4-5-7-22(21)27-25(32)31-16-12-26(3,13-17-31)24-28-23(33-29-24)20-8-9-20/h6,10,18,20,22H,4-5,7-9,11-17H2,1-3H3,(H,27,32)/t22-/m1/s1. The molecule has 33 heavy (non-hydrogen) atoms. The zero-order chi connectivity index (χ0) is 23.0. The smallest absolute Gasteiger partial charge is 0.317 e. The summed E-state index contributed by atoms with van der Waals surface area (Å²) in [6.45, 7) is 10.3. The average Bonchev–Trinajstić information content (AvgIpc) is 3.55. The third-order valence-electron chi connectivity index (χ3n) is 8.14. The normalized spacial score (nSPS) is 26.2. The average molecular weight is 454 g/mol. The van der Waals surface area contributed by atoms with Crippen LogP contribution < -0.4 is 5.32 Å². The Kier molecular flexibility index (Phi) is 6.34. The summed E-state index contributed by atoms with van der Waals surface area (Å²) in [5, 5.41) is 7.67. The second kappa shape index (κ2) is 9.24. The number of piperidine rings is 1. The van der Waals surface area contributed by atoms with E-state index in [4.69, 9.17) is 9.51 Å². The number of nitrogens with one attached hydrogen (secondary N) is 1. The molecule has 0 aromatic carbocycles. The number of rotatable bonds is 5. The topological polar surface area (TPSA) is 74.5 Å². The van der Waals surface area contributed by atoms with Crippen LogP contribution in [0.2, 0.25) is 0 Å². The highest BCUT2D eigenvalue weighted by atomic mass is 16.5. The van der Waals surface area contributed by atoms with Gasteiger partial charge in [-0.05, 0) is 76.4 Å². The van der Waals surface area contributed by atoms with Gasteiger partial charge in [-0.2, -0.15) is 4.98 Å². The largest absolute Gasteiger partial charge is 0.339 e. The Morgan fingerprint density at radius 2 is 1.97 bits per heavy atom. The number of carbonyl (C=O) groups is 1. The lowest BCUT2D eigenvalue weighted by Crippen LogP contribution is -2.51. The number of nitrogens with zero attached hydrogens (tertiary/aromatic N) is 4. The minimum atomic E-state index is -0.113. The van der Waals surface area contributed by atoms with Gasteiger partial charge in [-0.15, -0.1) is 0 Å². The van der Waals surface area contributed by atoms with Gasteiger partial charge in [0.2, 0.25) is 5.89 Å². The molecular formula is C26H39N5O2. The molecule has 2 aliphatic carbocycles. The van der Waals surface area contributed by atoms with Crippen LogP contribution in [0.1, 0.15) is 89.8 Å². The van der Waals surface area contributed by atoms with Crippen LogP contribution in [-0.4, -0.2) is 64.2 Å². The number of carbonyl (C=O) groups excluding carboxylic acids is 1. The van der Waals surface area contributed by atoms with E-state index in [9.17, 15) is 4.79 Å². The van der Waals surface area contributed by atoms with Crippen molar-refractivity contribution in [3.8, 4) is 0 Å². The summed E-state index contributed by atoms with van der Waals surface area (Å²) in [5.41, 5.74) is 2.68. The van der Waals surface area contributed by atoms with E-state index in [2.05, 4.69) is 48.3 Å². The van der Waals surface area contributed by atoms with Crippen molar-refractivity contribution in [3.05, 3.63) is 35.0 Å². The van der Waals surface area contributed by atoms with E-state index in [1.165, 1.54) is 11.1 Å². The third kappa shape index (κ3) is 4.88. The van der Waals surface area contributed by atoms with Gasteiger partial charge in [0.25, 0.3) is 0 Å². The molecule has 7 heteroatoms. The lowest BCUT2D eigenvalue weighted by molar-refractivity contribution is 0.156. The van der Waals surface area contributed by atoms with E-state index in [1.54, 1.807) is 0 Å². The molecule has 1 aromatic heterocycles. The maximum Gasteiger partial charge on any atom is 0.317 e. The molecule has 5 rings (SSSR count). The maximum absolute atomic E-state index is 13.2. The van der Waals surface area contributed by atoms with E-state index in [0.29, 0.717) is 12.0 Å². The number of amides is 2. The molecule has 0 radical (unpaired) electrons. The van der Waals surface area contributed by atoms with E-state index < -0.39 is 0 Å². The molecule has 1 N–H and O–H groups in total. The molecule has 0 unspecified atom stereocenters. The minimum absolute atomic E-state index is 0.0712. The fraction of sp³-hybridized carbons (Fsp3) is 0.731. The van der Waals surface area contributed by atoms with E-state index >= 15 is 0 Å². The highest BCUT2D eigenvalue weighted by Gasteiger charge is 2.39. The van der Waals surface area contributed by atoms with Gasteiger partial charge < -0.3 is 14.7 Å². The maximum atomic E-state index is 13.2. The Balaban J connectivity index is 1.18. The number of urea groups is 1. The molecule has 2 fully saturated rings. The predicted molar refractivity (Wildman–Crippen MR) is 128 cm³/mol. The van der Waals surface area contributed by atoms with Crippen molar-refractivity contribution in [3.63, 3.8) is 0 Å². The van der Waals surface area contributed by atoms with Gasteiger partial charge in [0, 0.05) is 43.6 Å². The second-order valence-corrected chi connectivity index (χ2v) is 10.9. The molecule has 0 spiro atoms. The molecule has 7 nitrogen and oxygen atoms in total. The number of hydrogen-bond acceptors (Lipinski definition) is 5. The number of hydrogen-bond donors (Lipinski definition) is 1. The molecule has 180 valence electrons. The van der Waals surface area contributed by atoms with Gasteiger partial charge in [0.05, 0.1) is 6.04 Å². The summed E-state index contributed by atoms with van der Waals surface area (Å²) in [7, 11) is 0. The van der Waals surface area contributed by atoms with E-state index in [1.807, 2.05) is 4.90 Å². The Morgan fingerprint density at radius 3 is 2.64 bits per heavy atom. The highest BCUT2D eigenvalue weighted by molar-refractivity contribution is 5.75.